The molecule has 0 spiro atoms. The molecule has 0 radical (unpaired) electrons. The molecule has 1 heterocycles. The normalized spacial score (nSPS) is 22.4. The van der Waals surface area contributed by atoms with E-state index in [1.807, 2.05) is 12.3 Å². The molecule has 1 fully saturated rings. The zero-order valence-corrected chi connectivity index (χ0v) is 13.8. The number of esters is 1. The van der Waals surface area contributed by atoms with Crippen LogP contribution in [0.15, 0.2) is 5.38 Å². The number of rotatable bonds is 6. The van der Waals surface area contributed by atoms with E-state index in [4.69, 9.17) is 4.74 Å². The van der Waals surface area contributed by atoms with Gasteiger partial charge in [0.2, 0.25) is 10.0 Å². The lowest BCUT2D eigenvalue weighted by Gasteiger charge is -2.18. The highest BCUT2D eigenvalue weighted by Gasteiger charge is 2.41. The maximum Gasteiger partial charge on any atom is 0.310 e. The largest absolute Gasteiger partial charge is 0.469 e. The highest BCUT2D eigenvalue weighted by molar-refractivity contribution is 7.90. The molecule has 1 N–H and O–H groups in total. The van der Waals surface area contributed by atoms with Gasteiger partial charge in [0.15, 0.2) is 0 Å². The molecular weight excluding hydrogens is 312 g/mol. The lowest BCUT2D eigenvalue weighted by molar-refractivity contribution is -0.145. The fourth-order valence-corrected chi connectivity index (χ4v) is 5.18. The molecule has 0 amide bonds. The quantitative estimate of drug-likeness (QED) is 0.793. The van der Waals surface area contributed by atoms with Crippen molar-refractivity contribution in [2.24, 2.45) is 5.92 Å². The Morgan fingerprint density at radius 2 is 2.29 bits per heavy atom. The van der Waals surface area contributed by atoms with Gasteiger partial charge in [0.1, 0.15) is 0 Å². The zero-order valence-electron chi connectivity index (χ0n) is 12.2. The number of aromatic nitrogens is 1. The second-order valence-corrected chi connectivity index (χ2v) is 8.10. The Kier molecular flexibility index (Phi) is 5.34. The van der Waals surface area contributed by atoms with E-state index in [9.17, 15) is 13.2 Å². The van der Waals surface area contributed by atoms with Crippen LogP contribution in [0.25, 0.3) is 0 Å². The van der Waals surface area contributed by atoms with Crippen LogP contribution in [0.4, 0.5) is 0 Å². The third kappa shape index (κ3) is 4.02. The van der Waals surface area contributed by atoms with Crippen molar-refractivity contribution in [2.45, 2.75) is 37.9 Å². The van der Waals surface area contributed by atoms with Gasteiger partial charge in [-0.3, -0.25) is 4.79 Å². The molecule has 2 unspecified atom stereocenters. The summed E-state index contributed by atoms with van der Waals surface area (Å²) in [4.78, 5) is 15.9. The Bertz CT molecular complexity index is 597. The average Bonchev–Trinajstić information content (AvgIpc) is 3.07. The summed E-state index contributed by atoms with van der Waals surface area (Å²) in [7, 11) is -2.21. The standard InChI is InChI=1S/C13H20N2O4S2/c1-9-8-20-12(15-9)6-7-14-21(17,18)11-5-3-4-10(11)13(16)19-2/h8,10-11,14H,3-7H2,1-2H3. The molecule has 1 aromatic rings. The van der Waals surface area contributed by atoms with Gasteiger partial charge in [-0.1, -0.05) is 6.42 Å². The summed E-state index contributed by atoms with van der Waals surface area (Å²) >= 11 is 1.52. The molecule has 0 aliphatic heterocycles. The first-order valence-corrected chi connectivity index (χ1v) is 9.34. The predicted molar refractivity (Wildman–Crippen MR) is 80.6 cm³/mol. The summed E-state index contributed by atoms with van der Waals surface area (Å²) in [5, 5.41) is 2.17. The number of ether oxygens (including phenoxy) is 1. The summed E-state index contributed by atoms with van der Waals surface area (Å²) in [6.07, 6.45) is 2.37. The smallest absolute Gasteiger partial charge is 0.310 e. The summed E-state index contributed by atoms with van der Waals surface area (Å²) in [5.74, 6) is -0.979. The van der Waals surface area contributed by atoms with Crippen LogP contribution in [0.3, 0.4) is 0 Å². The number of hydrogen-bond acceptors (Lipinski definition) is 6. The number of carbonyl (C=O) groups excluding carboxylic acids is 1. The molecule has 6 nitrogen and oxygen atoms in total. The van der Waals surface area contributed by atoms with E-state index in [0.29, 0.717) is 25.8 Å². The third-order valence-corrected chi connectivity index (χ3v) is 6.66. The van der Waals surface area contributed by atoms with Gasteiger partial charge in [0.05, 0.1) is 23.3 Å². The Morgan fingerprint density at radius 1 is 1.52 bits per heavy atom. The van der Waals surface area contributed by atoms with Crippen molar-refractivity contribution in [2.75, 3.05) is 13.7 Å². The molecule has 21 heavy (non-hydrogen) atoms. The number of nitrogens with zero attached hydrogens (tertiary/aromatic N) is 1. The second kappa shape index (κ2) is 6.85. The molecule has 1 saturated carbocycles. The minimum Gasteiger partial charge on any atom is -0.469 e. The van der Waals surface area contributed by atoms with Gasteiger partial charge in [-0.2, -0.15) is 0 Å². The molecule has 1 aliphatic carbocycles. The van der Waals surface area contributed by atoms with Crippen LogP contribution in [-0.2, 0) is 26.0 Å². The molecule has 0 aromatic carbocycles. The van der Waals surface area contributed by atoms with Crippen LogP contribution in [0.5, 0.6) is 0 Å². The Balaban J connectivity index is 1.93. The van der Waals surface area contributed by atoms with Crippen LogP contribution in [-0.4, -0.2) is 38.3 Å². The average molecular weight is 332 g/mol. The molecule has 1 aromatic heterocycles. The molecule has 0 saturated heterocycles. The topological polar surface area (TPSA) is 85.4 Å². The molecule has 8 heteroatoms. The number of sulfonamides is 1. The molecule has 1 aliphatic rings. The van der Waals surface area contributed by atoms with E-state index < -0.39 is 27.2 Å². The number of thiazole rings is 1. The number of aryl methyl sites for hydroxylation is 1. The van der Waals surface area contributed by atoms with Crippen LogP contribution in [0.2, 0.25) is 0 Å². The first-order chi connectivity index (χ1) is 9.94. The van der Waals surface area contributed by atoms with Gasteiger partial charge in [0, 0.05) is 24.0 Å². The third-order valence-electron chi connectivity index (χ3n) is 3.66. The van der Waals surface area contributed by atoms with Crippen molar-refractivity contribution >= 4 is 27.3 Å². The molecule has 2 rings (SSSR count). The number of hydrogen-bond donors (Lipinski definition) is 1. The summed E-state index contributed by atoms with van der Waals surface area (Å²) in [5.41, 5.74) is 0.944. The Morgan fingerprint density at radius 3 is 2.90 bits per heavy atom. The zero-order chi connectivity index (χ0) is 15.5. The van der Waals surface area contributed by atoms with Gasteiger partial charge in [0.25, 0.3) is 0 Å². The van der Waals surface area contributed by atoms with E-state index in [0.717, 1.165) is 17.1 Å². The maximum absolute atomic E-state index is 12.3. The molecular formula is C13H20N2O4S2. The van der Waals surface area contributed by atoms with Crippen LogP contribution >= 0.6 is 11.3 Å². The first kappa shape index (κ1) is 16.4. The minimum absolute atomic E-state index is 0.305. The molecule has 2 atom stereocenters. The second-order valence-electron chi connectivity index (χ2n) is 5.17. The maximum atomic E-state index is 12.3. The Labute approximate surface area is 129 Å². The predicted octanol–water partition coefficient (Wildman–Crippen LogP) is 1.26. The van der Waals surface area contributed by atoms with Crippen molar-refractivity contribution in [3.63, 3.8) is 0 Å². The Hall–Kier alpha value is -0.990. The van der Waals surface area contributed by atoms with E-state index >= 15 is 0 Å². The van der Waals surface area contributed by atoms with Crippen LogP contribution in [0, 0.1) is 12.8 Å². The fourth-order valence-electron chi connectivity index (χ4n) is 2.64. The molecule has 0 bridgehead atoms. The van der Waals surface area contributed by atoms with Gasteiger partial charge in [-0.25, -0.2) is 18.1 Å². The fraction of sp³-hybridized carbons (Fsp3) is 0.692. The van der Waals surface area contributed by atoms with E-state index in [-0.39, 0.29) is 0 Å². The van der Waals surface area contributed by atoms with E-state index in [1.165, 1.54) is 18.4 Å². The highest BCUT2D eigenvalue weighted by Crippen LogP contribution is 2.31. The van der Waals surface area contributed by atoms with Gasteiger partial charge in [-0.15, -0.1) is 11.3 Å². The molecule has 118 valence electrons. The van der Waals surface area contributed by atoms with Gasteiger partial charge >= 0.3 is 5.97 Å². The van der Waals surface area contributed by atoms with E-state index in [1.54, 1.807) is 0 Å². The van der Waals surface area contributed by atoms with Gasteiger partial charge < -0.3 is 4.74 Å². The van der Waals surface area contributed by atoms with Crippen molar-refractivity contribution in [1.29, 1.82) is 0 Å². The van der Waals surface area contributed by atoms with Crippen LogP contribution < -0.4 is 4.72 Å². The SMILES string of the molecule is COC(=O)C1CCCC1S(=O)(=O)NCCc1nc(C)cs1. The highest BCUT2D eigenvalue weighted by atomic mass is 32.2. The van der Waals surface area contributed by atoms with Crippen molar-refractivity contribution in [3.05, 3.63) is 16.1 Å². The first-order valence-electron chi connectivity index (χ1n) is 6.91. The van der Waals surface area contributed by atoms with Crippen LogP contribution in [0.1, 0.15) is 30.0 Å². The van der Waals surface area contributed by atoms with E-state index in [2.05, 4.69) is 9.71 Å². The number of methoxy groups -OCH3 is 1. The van der Waals surface area contributed by atoms with Crippen molar-refractivity contribution < 1.29 is 17.9 Å². The monoisotopic (exact) mass is 332 g/mol. The lowest BCUT2D eigenvalue weighted by Crippen LogP contribution is -2.40. The number of nitrogens with one attached hydrogen (secondary N) is 1. The minimum atomic E-state index is -3.50. The van der Waals surface area contributed by atoms with Crippen molar-refractivity contribution in [1.82, 2.24) is 9.71 Å². The summed E-state index contributed by atoms with van der Waals surface area (Å²) < 4.78 is 31.9. The van der Waals surface area contributed by atoms with Crippen molar-refractivity contribution in [3.8, 4) is 0 Å². The summed E-state index contributed by atoms with van der Waals surface area (Å²) in [6, 6.07) is 0. The number of carbonyl (C=O) groups is 1. The lowest BCUT2D eigenvalue weighted by atomic mass is 10.1. The van der Waals surface area contributed by atoms with Gasteiger partial charge in [-0.05, 0) is 19.8 Å². The summed E-state index contributed by atoms with van der Waals surface area (Å²) in [6.45, 7) is 2.21.